The quantitative estimate of drug-likeness (QED) is 0.376. The van der Waals surface area contributed by atoms with Crippen molar-refractivity contribution in [3.05, 3.63) is 35.2 Å². The Morgan fingerprint density at radius 3 is 2.68 bits per heavy atom. The Bertz CT molecular complexity index is 1440. The van der Waals surface area contributed by atoms with Crippen molar-refractivity contribution in [2.75, 3.05) is 7.05 Å². The minimum absolute atomic E-state index is 0.107. The number of nitrogens with zero attached hydrogens (tertiary/aromatic N) is 3. The van der Waals surface area contributed by atoms with Gasteiger partial charge in [0.05, 0.1) is 16.3 Å². The second kappa shape index (κ2) is 8.09. The Hall–Kier alpha value is -3.46. The molecule has 174 valence electrons. The van der Waals surface area contributed by atoms with E-state index >= 15 is 0 Å². The summed E-state index contributed by atoms with van der Waals surface area (Å²) >= 11 is 6.12. The Labute approximate surface area is 199 Å². The number of carbonyl (C=O) groups is 2. The van der Waals surface area contributed by atoms with E-state index in [4.69, 9.17) is 16.3 Å². The highest BCUT2D eigenvalue weighted by molar-refractivity contribution is 6.31. The zero-order chi connectivity index (χ0) is 23.4. The number of hydrogen-bond donors (Lipinski definition) is 3. The van der Waals surface area contributed by atoms with Crippen LogP contribution in [0.1, 0.15) is 42.5 Å². The van der Waals surface area contributed by atoms with Crippen LogP contribution >= 0.6 is 11.6 Å². The molecule has 0 aliphatic heterocycles. The lowest BCUT2D eigenvalue weighted by molar-refractivity contribution is -0.144. The van der Waals surface area contributed by atoms with Gasteiger partial charge in [0, 0.05) is 36.6 Å². The number of H-pyrrole nitrogens is 2. The van der Waals surface area contributed by atoms with Crippen LogP contribution in [-0.2, 0) is 4.79 Å². The molecule has 9 nitrogen and oxygen atoms in total. The topological polar surface area (TPSA) is 126 Å². The summed E-state index contributed by atoms with van der Waals surface area (Å²) in [5.74, 6) is 0.706. The molecule has 34 heavy (non-hydrogen) atoms. The highest BCUT2D eigenvalue weighted by Gasteiger charge is 2.41. The van der Waals surface area contributed by atoms with Gasteiger partial charge in [-0.05, 0) is 37.2 Å². The van der Waals surface area contributed by atoms with Gasteiger partial charge in [0.25, 0.3) is 5.91 Å². The summed E-state index contributed by atoms with van der Waals surface area (Å²) in [5.41, 5.74) is 2.01. The van der Waals surface area contributed by atoms with Crippen molar-refractivity contribution in [3.8, 4) is 17.3 Å². The summed E-state index contributed by atoms with van der Waals surface area (Å²) in [6.07, 6.45) is 10.3. The third-order valence-corrected chi connectivity index (χ3v) is 7.47. The van der Waals surface area contributed by atoms with E-state index in [2.05, 4.69) is 30.2 Å². The Morgan fingerprint density at radius 2 is 1.94 bits per heavy atom. The number of fused-ring (bicyclic) bond motifs is 5. The average molecular weight is 479 g/mol. The third kappa shape index (κ3) is 3.42. The van der Waals surface area contributed by atoms with Crippen molar-refractivity contribution in [2.45, 2.75) is 32.1 Å². The molecule has 7 rings (SSSR count). The normalized spacial score (nSPS) is 21.8. The molecule has 0 spiro atoms. The second-order valence-electron chi connectivity index (χ2n) is 9.16. The lowest BCUT2D eigenvalue weighted by Gasteiger charge is -2.40. The summed E-state index contributed by atoms with van der Waals surface area (Å²) in [6, 6.07) is 1.79. The molecule has 4 aromatic rings. The molecule has 3 saturated carbocycles. The van der Waals surface area contributed by atoms with Crippen molar-refractivity contribution in [2.24, 2.45) is 17.8 Å². The highest BCUT2D eigenvalue weighted by atomic mass is 35.5. The summed E-state index contributed by atoms with van der Waals surface area (Å²) in [7, 11) is 1.53. The van der Waals surface area contributed by atoms with E-state index in [1.165, 1.54) is 19.9 Å². The first kappa shape index (κ1) is 21.1. The molecule has 0 saturated heterocycles. The van der Waals surface area contributed by atoms with Crippen molar-refractivity contribution in [3.63, 3.8) is 0 Å². The van der Waals surface area contributed by atoms with Crippen LogP contribution in [0.2, 0.25) is 5.02 Å². The van der Waals surface area contributed by atoms with Crippen LogP contribution < -0.4 is 10.1 Å². The smallest absolute Gasteiger partial charge is 0.315 e. The molecule has 3 fully saturated rings. The van der Waals surface area contributed by atoms with Gasteiger partial charge in [-0.15, -0.1) is 0 Å². The van der Waals surface area contributed by atoms with Crippen LogP contribution in [0.25, 0.3) is 33.5 Å². The van der Waals surface area contributed by atoms with E-state index in [1.807, 2.05) is 0 Å². The van der Waals surface area contributed by atoms with E-state index in [0.29, 0.717) is 39.4 Å². The van der Waals surface area contributed by atoms with Crippen molar-refractivity contribution in [1.29, 1.82) is 0 Å². The average Bonchev–Trinajstić information content (AvgIpc) is 3.44. The maximum absolute atomic E-state index is 13.1. The first-order chi connectivity index (χ1) is 16.5. The van der Waals surface area contributed by atoms with E-state index in [-0.39, 0.29) is 29.2 Å². The summed E-state index contributed by atoms with van der Waals surface area (Å²) in [5, 5.41) is 4.38. The van der Waals surface area contributed by atoms with Gasteiger partial charge in [0.1, 0.15) is 16.9 Å². The fourth-order valence-corrected chi connectivity index (χ4v) is 5.67. The largest absolute Gasteiger partial charge is 0.408 e. The van der Waals surface area contributed by atoms with E-state index < -0.39 is 0 Å². The first-order valence-corrected chi connectivity index (χ1v) is 11.8. The predicted molar refractivity (Wildman–Crippen MR) is 127 cm³/mol. The number of amides is 1. The van der Waals surface area contributed by atoms with Gasteiger partial charge < -0.3 is 20.0 Å². The minimum Gasteiger partial charge on any atom is -0.408 e. The van der Waals surface area contributed by atoms with Gasteiger partial charge in [-0.25, -0.2) is 15.0 Å². The third-order valence-electron chi connectivity index (χ3n) is 7.26. The zero-order valence-electron chi connectivity index (χ0n) is 18.5. The molecule has 3 N–H and O–H groups in total. The molecule has 10 heteroatoms. The van der Waals surface area contributed by atoms with Crippen molar-refractivity contribution < 1.29 is 14.3 Å². The fraction of sp³-hybridized carbons (Fsp3) is 0.375. The number of ether oxygens (including phenoxy) is 1. The standard InChI is InChI=1S/C24H23ClN6O3/c1-26-22(32)18-17-10-29-20(16-9-28-19-15(16)7-13(25)8-27-19)30-21(17)31-23(18)34-24(33)14-6-11-2-4-12(14)5-3-11/h7-12,14H,2-6H2,1H3,(H,26,32)(H,27,28)(H,29,30,31)/t11?,12?,14-/m1/s1. The van der Waals surface area contributed by atoms with Gasteiger partial charge in [0.15, 0.2) is 5.82 Å². The number of esters is 1. The van der Waals surface area contributed by atoms with Crippen molar-refractivity contribution >= 4 is 45.5 Å². The highest BCUT2D eigenvalue weighted by Crippen LogP contribution is 2.45. The molecular formula is C24H23ClN6O3. The number of nitrogens with one attached hydrogen (secondary N) is 3. The second-order valence-corrected chi connectivity index (χ2v) is 9.60. The Morgan fingerprint density at radius 1 is 1.12 bits per heavy atom. The van der Waals surface area contributed by atoms with E-state index in [9.17, 15) is 9.59 Å². The number of carbonyl (C=O) groups excluding carboxylic acids is 2. The molecule has 1 amide bonds. The van der Waals surface area contributed by atoms with Crippen LogP contribution in [0.5, 0.6) is 5.88 Å². The predicted octanol–water partition coefficient (Wildman–Crippen LogP) is 4.25. The lowest BCUT2D eigenvalue weighted by Crippen LogP contribution is -2.38. The molecule has 1 atom stereocenters. The van der Waals surface area contributed by atoms with Gasteiger partial charge in [0.2, 0.25) is 5.88 Å². The lowest BCUT2D eigenvalue weighted by atomic mass is 9.65. The number of pyridine rings is 1. The van der Waals surface area contributed by atoms with Crippen LogP contribution in [0, 0.1) is 17.8 Å². The molecule has 4 aromatic heterocycles. The first-order valence-electron chi connectivity index (χ1n) is 11.5. The SMILES string of the molecule is CNC(=O)c1c(OC(=O)[C@@H]2CC3CCC2CC3)[nH]c2nc(-c3c[nH]c4ncc(Cl)cc34)ncc12. The minimum atomic E-state index is -0.376. The van der Waals surface area contributed by atoms with Gasteiger partial charge >= 0.3 is 5.97 Å². The van der Waals surface area contributed by atoms with Gasteiger partial charge in [-0.3, -0.25) is 9.59 Å². The van der Waals surface area contributed by atoms with Crippen LogP contribution in [-0.4, -0.2) is 43.8 Å². The summed E-state index contributed by atoms with van der Waals surface area (Å²) in [6.45, 7) is 0. The van der Waals surface area contributed by atoms with Crippen LogP contribution in [0.15, 0.2) is 24.7 Å². The molecule has 3 aliphatic rings. The van der Waals surface area contributed by atoms with Crippen molar-refractivity contribution in [1.82, 2.24) is 30.2 Å². The van der Waals surface area contributed by atoms with Gasteiger partial charge in [-0.1, -0.05) is 24.4 Å². The molecule has 0 radical (unpaired) electrons. The zero-order valence-corrected chi connectivity index (χ0v) is 19.3. The number of halogens is 1. The molecular weight excluding hydrogens is 456 g/mol. The summed E-state index contributed by atoms with van der Waals surface area (Å²) in [4.78, 5) is 45.3. The molecule has 0 unspecified atom stereocenters. The number of rotatable bonds is 4. The molecule has 4 heterocycles. The Balaban J connectivity index is 1.39. The maximum atomic E-state index is 13.1. The molecule has 2 bridgehead atoms. The van der Waals surface area contributed by atoms with E-state index in [0.717, 1.165) is 30.2 Å². The fourth-order valence-electron chi connectivity index (χ4n) is 5.51. The molecule has 0 aromatic carbocycles. The molecule has 3 aliphatic carbocycles. The number of hydrogen-bond acceptors (Lipinski definition) is 6. The maximum Gasteiger partial charge on any atom is 0.315 e. The number of aromatic nitrogens is 5. The summed E-state index contributed by atoms with van der Waals surface area (Å²) < 4.78 is 5.81. The monoisotopic (exact) mass is 478 g/mol. The van der Waals surface area contributed by atoms with Crippen LogP contribution in [0.4, 0.5) is 0 Å². The van der Waals surface area contributed by atoms with E-state index in [1.54, 1.807) is 24.7 Å². The van der Waals surface area contributed by atoms with Crippen LogP contribution in [0.3, 0.4) is 0 Å². The van der Waals surface area contributed by atoms with Gasteiger partial charge in [-0.2, -0.15) is 0 Å². The number of aromatic amines is 2. The Kier molecular flexibility index (Phi) is 5.02.